The molecule has 1 fully saturated rings. The first-order chi connectivity index (χ1) is 13.2. The first kappa shape index (κ1) is 18.7. The molecule has 0 aliphatic carbocycles. The van der Waals surface area contributed by atoms with Gasteiger partial charge >= 0.3 is 0 Å². The lowest BCUT2D eigenvalue weighted by Gasteiger charge is -2.53. The van der Waals surface area contributed by atoms with Gasteiger partial charge in [-0.25, -0.2) is 9.98 Å². The Balaban J connectivity index is 1.55. The number of piperidine rings is 1. The second-order valence-corrected chi connectivity index (χ2v) is 8.99. The van der Waals surface area contributed by atoms with E-state index in [4.69, 9.17) is 0 Å². The Morgan fingerprint density at radius 2 is 1.96 bits per heavy atom. The summed E-state index contributed by atoms with van der Waals surface area (Å²) in [6, 6.07) is 4.12. The minimum Gasteiger partial charge on any atom is -0.492 e. The Morgan fingerprint density at radius 1 is 1.25 bits per heavy atom. The van der Waals surface area contributed by atoms with Crippen LogP contribution in [0.1, 0.15) is 51.8 Å². The maximum atomic E-state index is 10.3. The zero-order chi connectivity index (χ0) is 20.1. The van der Waals surface area contributed by atoms with E-state index in [-0.39, 0.29) is 23.0 Å². The second-order valence-electron chi connectivity index (χ2n) is 8.99. The molecule has 4 heterocycles. The van der Waals surface area contributed by atoms with Gasteiger partial charge in [0, 0.05) is 40.7 Å². The number of nitrogens with zero attached hydrogens (tertiary/aromatic N) is 4. The fourth-order valence-corrected chi connectivity index (χ4v) is 4.41. The number of anilines is 1. The second kappa shape index (κ2) is 6.44. The van der Waals surface area contributed by atoms with Crippen molar-refractivity contribution in [3.05, 3.63) is 29.6 Å². The predicted molar refractivity (Wildman–Crippen MR) is 113 cm³/mol. The SMILES string of the molecule is CN1C(C)(C)CC(Nc2nc(O)c(C=C3C=Nc4ncccc43)[nH]2)CC1(C)C. The van der Waals surface area contributed by atoms with Crippen LogP contribution in [0.3, 0.4) is 0 Å². The number of hydrogen-bond acceptors (Lipinski definition) is 6. The first-order valence-electron chi connectivity index (χ1n) is 9.66. The normalized spacial score (nSPS) is 22.5. The quantitative estimate of drug-likeness (QED) is 0.753. The van der Waals surface area contributed by atoms with Crippen LogP contribution in [0, 0.1) is 0 Å². The van der Waals surface area contributed by atoms with Crippen LogP contribution in [0.15, 0.2) is 23.3 Å². The lowest BCUT2D eigenvalue weighted by Crippen LogP contribution is -2.61. The van der Waals surface area contributed by atoms with Crippen molar-refractivity contribution in [1.29, 1.82) is 0 Å². The molecule has 2 aromatic rings. The molecule has 2 aliphatic rings. The van der Waals surface area contributed by atoms with E-state index < -0.39 is 0 Å². The summed E-state index contributed by atoms with van der Waals surface area (Å²) >= 11 is 0. The standard InChI is InChI=1S/C21H28N6O/c1-20(2)10-14(11-21(3,4)27(20)5)24-19-25-16(18(28)26-19)9-13-12-23-17-15(13)7-6-8-22-17/h6-9,12,14,28H,10-11H2,1-5H3,(H2,24,25,26). The maximum Gasteiger partial charge on any atom is 0.238 e. The number of aliphatic imine (C=N–C) groups is 1. The van der Waals surface area contributed by atoms with Crippen LogP contribution in [-0.4, -0.2) is 55.3 Å². The van der Waals surface area contributed by atoms with Crippen LogP contribution in [0.25, 0.3) is 11.6 Å². The molecule has 7 nitrogen and oxygen atoms in total. The number of likely N-dealkylation sites (tertiary alicyclic amines) is 1. The summed E-state index contributed by atoms with van der Waals surface area (Å²) in [5, 5.41) is 13.8. The number of H-pyrrole nitrogens is 1. The van der Waals surface area contributed by atoms with Crippen LogP contribution in [0.4, 0.5) is 11.8 Å². The van der Waals surface area contributed by atoms with Crippen molar-refractivity contribution < 1.29 is 5.11 Å². The Hall–Kier alpha value is -2.67. The Morgan fingerprint density at radius 3 is 2.68 bits per heavy atom. The fourth-order valence-electron chi connectivity index (χ4n) is 4.41. The number of aromatic amines is 1. The minimum atomic E-state index is -0.0211. The molecule has 0 atom stereocenters. The van der Waals surface area contributed by atoms with Gasteiger partial charge in [-0.15, -0.1) is 0 Å². The molecule has 3 N–H and O–H groups in total. The molecule has 1 saturated heterocycles. The lowest BCUT2D eigenvalue weighted by molar-refractivity contribution is -0.00777. The molecule has 0 saturated carbocycles. The van der Waals surface area contributed by atoms with E-state index in [0.29, 0.717) is 17.5 Å². The molecule has 28 heavy (non-hydrogen) atoms. The number of nitrogens with one attached hydrogen (secondary N) is 2. The number of aromatic hydroxyl groups is 1. The summed E-state index contributed by atoms with van der Waals surface area (Å²) in [5.74, 6) is 1.26. The summed E-state index contributed by atoms with van der Waals surface area (Å²) in [6.45, 7) is 9.07. The molecule has 0 amide bonds. The summed E-state index contributed by atoms with van der Waals surface area (Å²) < 4.78 is 0. The van der Waals surface area contributed by atoms with E-state index in [1.54, 1.807) is 12.4 Å². The van der Waals surface area contributed by atoms with Gasteiger partial charge in [-0.3, -0.25) is 4.90 Å². The maximum absolute atomic E-state index is 10.3. The summed E-state index contributed by atoms with van der Waals surface area (Å²) in [4.78, 5) is 18.5. The van der Waals surface area contributed by atoms with Crippen molar-refractivity contribution in [3.8, 4) is 5.88 Å². The summed E-state index contributed by atoms with van der Waals surface area (Å²) in [7, 11) is 2.19. The highest BCUT2D eigenvalue weighted by molar-refractivity contribution is 6.20. The minimum absolute atomic E-state index is 0.0211. The van der Waals surface area contributed by atoms with Gasteiger partial charge in [0.1, 0.15) is 5.69 Å². The third-order valence-electron chi connectivity index (χ3n) is 6.08. The molecule has 7 heteroatoms. The highest BCUT2D eigenvalue weighted by Crippen LogP contribution is 2.38. The monoisotopic (exact) mass is 380 g/mol. The van der Waals surface area contributed by atoms with Crippen molar-refractivity contribution in [3.63, 3.8) is 0 Å². The molecule has 0 aromatic carbocycles. The van der Waals surface area contributed by atoms with Crippen LogP contribution >= 0.6 is 0 Å². The van der Waals surface area contributed by atoms with Crippen molar-refractivity contribution in [2.45, 2.75) is 57.7 Å². The molecule has 0 unspecified atom stereocenters. The zero-order valence-electron chi connectivity index (χ0n) is 17.1. The van der Waals surface area contributed by atoms with E-state index in [9.17, 15) is 5.11 Å². The number of hydrogen-bond donors (Lipinski definition) is 3. The topological polar surface area (TPSA) is 89.4 Å². The van der Waals surface area contributed by atoms with Gasteiger partial charge in [0.15, 0.2) is 5.82 Å². The fraction of sp³-hybridized carbons (Fsp3) is 0.476. The number of pyridine rings is 1. The van der Waals surface area contributed by atoms with Crippen molar-refractivity contribution in [2.24, 2.45) is 4.99 Å². The number of allylic oxidation sites excluding steroid dienone is 1. The molecular weight excluding hydrogens is 352 g/mol. The molecule has 2 aliphatic heterocycles. The molecule has 4 rings (SSSR count). The average molecular weight is 380 g/mol. The zero-order valence-corrected chi connectivity index (χ0v) is 17.1. The van der Waals surface area contributed by atoms with Gasteiger partial charge in [-0.2, -0.15) is 4.98 Å². The number of rotatable bonds is 3. The Kier molecular flexibility index (Phi) is 4.30. The van der Waals surface area contributed by atoms with Gasteiger partial charge in [0.05, 0.1) is 0 Å². The first-order valence-corrected chi connectivity index (χ1v) is 9.66. The van der Waals surface area contributed by atoms with Crippen LogP contribution in [0.2, 0.25) is 0 Å². The van der Waals surface area contributed by atoms with Crippen LogP contribution in [-0.2, 0) is 0 Å². The molecular formula is C21H28N6O. The van der Waals surface area contributed by atoms with Gasteiger partial charge in [0.25, 0.3) is 0 Å². The van der Waals surface area contributed by atoms with Gasteiger partial charge in [0.2, 0.25) is 11.8 Å². The van der Waals surface area contributed by atoms with Crippen LogP contribution < -0.4 is 5.32 Å². The predicted octanol–water partition coefficient (Wildman–Crippen LogP) is 3.83. The number of fused-ring (bicyclic) bond motifs is 1. The highest BCUT2D eigenvalue weighted by atomic mass is 16.3. The van der Waals surface area contributed by atoms with Crippen molar-refractivity contribution in [2.75, 3.05) is 12.4 Å². The molecule has 2 aromatic heterocycles. The van der Waals surface area contributed by atoms with E-state index in [2.05, 4.69) is 64.9 Å². The lowest BCUT2D eigenvalue weighted by atomic mass is 9.77. The Labute approximate surface area is 165 Å². The number of imidazole rings is 1. The van der Waals surface area contributed by atoms with E-state index >= 15 is 0 Å². The summed E-state index contributed by atoms with van der Waals surface area (Å²) in [5.41, 5.74) is 2.57. The third kappa shape index (κ3) is 3.30. The van der Waals surface area contributed by atoms with E-state index in [0.717, 1.165) is 24.0 Å². The molecule has 0 bridgehead atoms. The summed E-state index contributed by atoms with van der Waals surface area (Å²) in [6.07, 6.45) is 7.33. The average Bonchev–Trinajstić information content (AvgIpc) is 3.16. The van der Waals surface area contributed by atoms with Crippen LogP contribution in [0.5, 0.6) is 5.88 Å². The molecule has 0 radical (unpaired) electrons. The molecule has 0 spiro atoms. The highest BCUT2D eigenvalue weighted by Gasteiger charge is 2.43. The van der Waals surface area contributed by atoms with Crippen molar-refractivity contribution in [1.82, 2.24) is 19.9 Å². The van der Waals surface area contributed by atoms with Crippen molar-refractivity contribution >= 4 is 29.6 Å². The number of aromatic nitrogens is 3. The smallest absolute Gasteiger partial charge is 0.238 e. The van der Waals surface area contributed by atoms with E-state index in [1.807, 2.05) is 18.2 Å². The largest absolute Gasteiger partial charge is 0.492 e. The van der Waals surface area contributed by atoms with Gasteiger partial charge in [-0.1, -0.05) is 0 Å². The van der Waals surface area contributed by atoms with E-state index in [1.165, 1.54) is 0 Å². The molecule has 148 valence electrons. The van der Waals surface area contributed by atoms with Gasteiger partial charge in [-0.05, 0) is 65.8 Å². The Bertz CT molecular complexity index is 938. The van der Waals surface area contributed by atoms with Gasteiger partial charge < -0.3 is 15.4 Å². The third-order valence-corrected chi connectivity index (χ3v) is 6.08.